The van der Waals surface area contributed by atoms with Gasteiger partial charge in [0.2, 0.25) is 0 Å². The summed E-state index contributed by atoms with van der Waals surface area (Å²) in [5, 5.41) is 13.2. The molecule has 1 aliphatic rings. The maximum atomic E-state index is 9.67. The SMILES string of the molecule is COc1cc([C@H]2C[C@H](C)CN2)c(C)cc1O. The Bertz CT molecular complexity index is 390. The predicted molar refractivity (Wildman–Crippen MR) is 63.9 cm³/mol. The number of phenols is 1. The third kappa shape index (κ3) is 2.00. The van der Waals surface area contributed by atoms with Gasteiger partial charge in [-0.1, -0.05) is 6.92 Å². The molecule has 0 saturated carbocycles. The van der Waals surface area contributed by atoms with E-state index in [4.69, 9.17) is 4.74 Å². The normalized spacial score (nSPS) is 24.7. The summed E-state index contributed by atoms with van der Waals surface area (Å²) in [6.45, 7) is 5.34. The van der Waals surface area contributed by atoms with E-state index in [1.807, 2.05) is 13.0 Å². The van der Waals surface area contributed by atoms with Crippen LogP contribution in [0.2, 0.25) is 0 Å². The molecule has 2 atom stereocenters. The highest BCUT2D eigenvalue weighted by Crippen LogP contribution is 2.35. The number of benzene rings is 1. The van der Waals surface area contributed by atoms with E-state index in [9.17, 15) is 5.11 Å². The highest BCUT2D eigenvalue weighted by molar-refractivity contribution is 5.47. The Kier molecular flexibility index (Phi) is 3.06. The number of hydrogen-bond donors (Lipinski definition) is 2. The molecule has 2 N–H and O–H groups in total. The van der Waals surface area contributed by atoms with Crippen LogP contribution in [-0.4, -0.2) is 18.8 Å². The molecule has 1 aromatic rings. The predicted octanol–water partition coefficient (Wildman–Crippen LogP) is 2.38. The summed E-state index contributed by atoms with van der Waals surface area (Å²) >= 11 is 0. The summed E-state index contributed by atoms with van der Waals surface area (Å²) in [6.07, 6.45) is 1.15. The number of aryl methyl sites for hydroxylation is 1. The topological polar surface area (TPSA) is 41.5 Å². The second-order valence-corrected chi connectivity index (χ2v) is 4.68. The first kappa shape index (κ1) is 11.3. The number of hydrogen-bond acceptors (Lipinski definition) is 3. The molecule has 1 saturated heterocycles. The summed E-state index contributed by atoms with van der Waals surface area (Å²) in [4.78, 5) is 0. The minimum atomic E-state index is 0.217. The minimum Gasteiger partial charge on any atom is -0.504 e. The zero-order chi connectivity index (χ0) is 11.7. The zero-order valence-electron chi connectivity index (χ0n) is 10.1. The Morgan fingerprint density at radius 2 is 2.19 bits per heavy atom. The van der Waals surface area contributed by atoms with E-state index in [0.29, 0.717) is 17.7 Å². The lowest BCUT2D eigenvalue weighted by Crippen LogP contribution is -2.14. The molecular weight excluding hydrogens is 202 g/mol. The third-order valence-electron chi connectivity index (χ3n) is 3.29. The van der Waals surface area contributed by atoms with E-state index in [1.54, 1.807) is 13.2 Å². The Balaban J connectivity index is 2.33. The molecule has 0 aliphatic carbocycles. The van der Waals surface area contributed by atoms with Gasteiger partial charge in [0, 0.05) is 6.04 Å². The molecule has 0 amide bonds. The highest BCUT2D eigenvalue weighted by Gasteiger charge is 2.24. The van der Waals surface area contributed by atoms with Gasteiger partial charge in [0.25, 0.3) is 0 Å². The largest absolute Gasteiger partial charge is 0.504 e. The molecule has 88 valence electrons. The number of nitrogens with one attached hydrogen (secondary N) is 1. The summed E-state index contributed by atoms with van der Waals surface area (Å²) < 4.78 is 5.15. The van der Waals surface area contributed by atoms with Crippen molar-refractivity contribution in [3.63, 3.8) is 0 Å². The van der Waals surface area contributed by atoms with E-state index >= 15 is 0 Å². The second-order valence-electron chi connectivity index (χ2n) is 4.68. The van der Waals surface area contributed by atoms with E-state index in [-0.39, 0.29) is 5.75 Å². The molecule has 0 radical (unpaired) electrons. The van der Waals surface area contributed by atoms with E-state index in [0.717, 1.165) is 18.5 Å². The van der Waals surface area contributed by atoms with Crippen LogP contribution in [-0.2, 0) is 0 Å². The third-order valence-corrected chi connectivity index (χ3v) is 3.29. The Morgan fingerprint density at radius 3 is 2.75 bits per heavy atom. The van der Waals surface area contributed by atoms with Gasteiger partial charge in [-0.2, -0.15) is 0 Å². The lowest BCUT2D eigenvalue weighted by Gasteiger charge is -2.16. The molecule has 16 heavy (non-hydrogen) atoms. The lowest BCUT2D eigenvalue weighted by atomic mass is 9.97. The van der Waals surface area contributed by atoms with Gasteiger partial charge in [-0.15, -0.1) is 0 Å². The molecule has 1 heterocycles. The first-order valence-electron chi connectivity index (χ1n) is 5.72. The first-order valence-corrected chi connectivity index (χ1v) is 5.72. The zero-order valence-corrected chi connectivity index (χ0v) is 10.1. The van der Waals surface area contributed by atoms with Crippen LogP contribution in [0.1, 0.15) is 30.5 Å². The van der Waals surface area contributed by atoms with Crippen LogP contribution in [0.4, 0.5) is 0 Å². The number of rotatable bonds is 2. The monoisotopic (exact) mass is 221 g/mol. The fourth-order valence-corrected chi connectivity index (χ4v) is 2.38. The molecule has 2 rings (SSSR count). The maximum Gasteiger partial charge on any atom is 0.160 e. The van der Waals surface area contributed by atoms with Crippen LogP contribution in [0.25, 0.3) is 0 Å². The van der Waals surface area contributed by atoms with Crippen LogP contribution in [0, 0.1) is 12.8 Å². The van der Waals surface area contributed by atoms with Gasteiger partial charge in [-0.05, 0) is 49.1 Å². The van der Waals surface area contributed by atoms with E-state index < -0.39 is 0 Å². The fourth-order valence-electron chi connectivity index (χ4n) is 2.38. The van der Waals surface area contributed by atoms with Crippen molar-refractivity contribution >= 4 is 0 Å². The first-order chi connectivity index (χ1) is 7.61. The Hall–Kier alpha value is -1.22. The maximum absolute atomic E-state index is 9.67. The van der Waals surface area contributed by atoms with Gasteiger partial charge in [0.15, 0.2) is 11.5 Å². The van der Waals surface area contributed by atoms with Crippen molar-refractivity contribution in [2.24, 2.45) is 5.92 Å². The quantitative estimate of drug-likeness (QED) is 0.805. The summed E-state index contributed by atoms with van der Waals surface area (Å²) in [5.41, 5.74) is 2.35. The van der Waals surface area contributed by atoms with Crippen molar-refractivity contribution in [1.82, 2.24) is 5.32 Å². The second kappa shape index (κ2) is 4.34. The molecule has 0 unspecified atom stereocenters. The average Bonchev–Trinajstić information content (AvgIpc) is 2.65. The molecular formula is C13H19NO2. The van der Waals surface area contributed by atoms with Gasteiger partial charge >= 0.3 is 0 Å². The molecule has 3 heteroatoms. The van der Waals surface area contributed by atoms with Gasteiger partial charge in [-0.25, -0.2) is 0 Å². The van der Waals surface area contributed by atoms with Gasteiger partial charge < -0.3 is 15.2 Å². The molecule has 0 aromatic heterocycles. The van der Waals surface area contributed by atoms with Crippen LogP contribution in [0.15, 0.2) is 12.1 Å². The van der Waals surface area contributed by atoms with Crippen molar-refractivity contribution in [3.05, 3.63) is 23.3 Å². The molecule has 0 spiro atoms. The van der Waals surface area contributed by atoms with Gasteiger partial charge in [0.05, 0.1) is 7.11 Å². The number of aromatic hydroxyl groups is 1. The Labute approximate surface area is 96.4 Å². The molecule has 1 aliphatic heterocycles. The van der Waals surface area contributed by atoms with Gasteiger partial charge in [-0.3, -0.25) is 0 Å². The summed E-state index contributed by atoms with van der Waals surface area (Å²) in [7, 11) is 1.58. The highest BCUT2D eigenvalue weighted by atomic mass is 16.5. The molecule has 1 aromatic carbocycles. The number of ether oxygens (including phenoxy) is 1. The lowest BCUT2D eigenvalue weighted by molar-refractivity contribution is 0.372. The summed E-state index contributed by atoms with van der Waals surface area (Å²) in [6, 6.07) is 4.11. The smallest absolute Gasteiger partial charge is 0.160 e. The number of phenolic OH excluding ortho intramolecular Hbond substituents is 1. The van der Waals surface area contributed by atoms with Crippen LogP contribution in [0.3, 0.4) is 0 Å². The van der Waals surface area contributed by atoms with Crippen molar-refractivity contribution < 1.29 is 9.84 Å². The van der Waals surface area contributed by atoms with Crippen LogP contribution < -0.4 is 10.1 Å². The van der Waals surface area contributed by atoms with Crippen molar-refractivity contribution in [3.8, 4) is 11.5 Å². The molecule has 3 nitrogen and oxygen atoms in total. The van der Waals surface area contributed by atoms with Gasteiger partial charge in [0.1, 0.15) is 0 Å². The van der Waals surface area contributed by atoms with Crippen molar-refractivity contribution in [2.45, 2.75) is 26.3 Å². The standard InChI is InChI=1S/C13H19NO2/c1-8-4-11(14-7-8)10-6-13(16-3)12(15)5-9(10)2/h5-6,8,11,14-15H,4,7H2,1-3H3/t8-,11+/m0/s1. The van der Waals surface area contributed by atoms with Crippen LogP contribution in [0.5, 0.6) is 11.5 Å². The average molecular weight is 221 g/mol. The van der Waals surface area contributed by atoms with E-state index in [1.165, 1.54) is 5.56 Å². The summed E-state index contributed by atoms with van der Waals surface area (Å²) in [5.74, 6) is 1.49. The molecule has 0 bridgehead atoms. The van der Waals surface area contributed by atoms with E-state index in [2.05, 4.69) is 12.2 Å². The Morgan fingerprint density at radius 1 is 1.44 bits per heavy atom. The molecule has 1 fully saturated rings. The number of methoxy groups -OCH3 is 1. The van der Waals surface area contributed by atoms with Crippen molar-refractivity contribution in [1.29, 1.82) is 0 Å². The minimum absolute atomic E-state index is 0.217. The van der Waals surface area contributed by atoms with Crippen molar-refractivity contribution in [2.75, 3.05) is 13.7 Å². The van der Waals surface area contributed by atoms with Crippen LogP contribution >= 0.6 is 0 Å². The fraction of sp³-hybridized carbons (Fsp3) is 0.538.